The van der Waals surface area contributed by atoms with Crippen molar-refractivity contribution in [2.45, 2.75) is 33.4 Å². The van der Waals surface area contributed by atoms with E-state index in [-0.39, 0.29) is 11.6 Å². The normalized spacial score (nSPS) is 11.7. The lowest BCUT2D eigenvalue weighted by atomic mass is 10.1. The largest absolute Gasteiger partial charge is 0.495 e. The summed E-state index contributed by atoms with van der Waals surface area (Å²) < 4.78 is 7.11. The zero-order valence-corrected chi connectivity index (χ0v) is 23.1. The minimum Gasteiger partial charge on any atom is -0.495 e. The van der Waals surface area contributed by atoms with Gasteiger partial charge in [0.1, 0.15) is 11.6 Å². The quantitative estimate of drug-likeness (QED) is 0.250. The molecule has 1 aromatic heterocycles. The van der Waals surface area contributed by atoms with E-state index in [0.717, 1.165) is 22.4 Å². The van der Waals surface area contributed by atoms with E-state index in [1.54, 1.807) is 34.8 Å². The Balaban J connectivity index is 1.67. The third kappa shape index (κ3) is 5.31. The monoisotopic (exact) mass is 532 g/mol. The number of aromatic nitrogens is 2. The van der Waals surface area contributed by atoms with Crippen molar-refractivity contribution in [1.29, 1.82) is 0 Å². The van der Waals surface area contributed by atoms with Gasteiger partial charge in [-0.25, -0.2) is 9.78 Å². The van der Waals surface area contributed by atoms with Gasteiger partial charge in [0, 0.05) is 6.54 Å². The number of methoxy groups -OCH3 is 1. The molecule has 0 aliphatic rings. The van der Waals surface area contributed by atoms with Gasteiger partial charge in [-0.15, -0.1) is 0 Å². The number of fused-ring (bicyclic) bond motifs is 1. The van der Waals surface area contributed by atoms with Gasteiger partial charge in [-0.2, -0.15) is 0 Å². The number of aryl methyl sites for hydroxylation is 2. The van der Waals surface area contributed by atoms with Crippen molar-refractivity contribution in [3.8, 4) is 11.4 Å². The number of anilines is 1. The number of ether oxygens (including phenoxy) is 1. The number of carbonyl (C=O) groups is 1. The summed E-state index contributed by atoms with van der Waals surface area (Å²) in [4.78, 5) is 34.6. The number of para-hydroxylation sites is 3. The number of benzene rings is 4. The van der Waals surface area contributed by atoms with Crippen LogP contribution in [0.15, 0.2) is 102 Å². The number of rotatable bonds is 7. The number of nitrogens with one attached hydrogen (secondary N) is 1. The highest BCUT2D eigenvalue weighted by molar-refractivity contribution is 5.91. The molecule has 1 heterocycles. The Hall–Kier alpha value is -4.91. The number of carbonyl (C=O) groups excluding carboxylic acids is 1. The minimum atomic E-state index is -0.576. The molecule has 1 atom stereocenters. The molecule has 5 aromatic rings. The van der Waals surface area contributed by atoms with Gasteiger partial charge in [0.15, 0.2) is 0 Å². The van der Waals surface area contributed by atoms with Crippen molar-refractivity contribution < 1.29 is 9.53 Å². The lowest BCUT2D eigenvalue weighted by molar-refractivity contribution is 0.185. The lowest BCUT2D eigenvalue weighted by Gasteiger charge is -2.31. The average molecular weight is 533 g/mol. The maximum atomic E-state index is 14.0. The predicted molar refractivity (Wildman–Crippen MR) is 159 cm³/mol. The molecule has 7 nitrogen and oxygen atoms in total. The van der Waals surface area contributed by atoms with Gasteiger partial charge in [0.25, 0.3) is 5.56 Å². The summed E-state index contributed by atoms with van der Waals surface area (Å²) in [5, 5.41) is 3.53. The highest BCUT2D eigenvalue weighted by atomic mass is 16.5. The van der Waals surface area contributed by atoms with E-state index in [9.17, 15) is 9.59 Å². The van der Waals surface area contributed by atoms with Crippen LogP contribution >= 0.6 is 0 Å². The number of nitrogens with zero attached hydrogens (tertiary/aromatic N) is 3. The smallest absolute Gasteiger partial charge is 0.322 e. The van der Waals surface area contributed by atoms with E-state index in [0.29, 0.717) is 34.7 Å². The molecule has 0 aliphatic heterocycles. The Morgan fingerprint density at radius 2 is 1.65 bits per heavy atom. The molecule has 5 rings (SSSR count). The summed E-state index contributed by atoms with van der Waals surface area (Å²) >= 11 is 0. The van der Waals surface area contributed by atoms with Crippen LogP contribution in [0.3, 0.4) is 0 Å². The molecule has 202 valence electrons. The van der Waals surface area contributed by atoms with Crippen LogP contribution in [0.2, 0.25) is 0 Å². The third-order valence-corrected chi connectivity index (χ3v) is 7.04. The van der Waals surface area contributed by atoms with E-state index in [4.69, 9.17) is 9.72 Å². The molecule has 1 unspecified atom stereocenters. The van der Waals surface area contributed by atoms with Gasteiger partial charge in [-0.05, 0) is 62.2 Å². The Labute approximate surface area is 233 Å². The molecule has 2 amide bonds. The Kier molecular flexibility index (Phi) is 7.64. The van der Waals surface area contributed by atoms with Crippen LogP contribution in [-0.2, 0) is 6.54 Å². The maximum absolute atomic E-state index is 14.0. The molecule has 0 fully saturated rings. The van der Waals surface area contributed by atoms with Gasteiger partial charge in [0.2, 0.25) is 0 Å². The molecule has 0 spiro atoms. The summed E-state index contributed by atoms with van der Waals surface area (Å²) in [6.07, 6.45) is 0. The Morgan fingerprint density at radius 1 is 0.950 bits per heavy atom. The molecule has 0 radical (unpaired) electrons. The van der Waals surface area contributed by atoms with Gasteiger partial charge < -0.3 is 15.0 Å². The standard InChI is InChI=1S/C33H32N4O3/c1-22-18-19-29(23(2)20-22)37-31(34-27-15-9-8-14-26(27)32(37)38)24(3)36(21-25-12-6-5-7-13-25)33(39)35-28-16-10-11-17-30(28)40-4/h5-20,24H,21H2,1-4H3,(H,35,39). The fourth-order valence-electron chi connectivity index (χ4n) is 4.96. The first-order valence-electron chi connectivity index (χ1n) is 13.2. The van der Waals surface area contributed by atoms with Crippen LogP contribution in [0.4, 0.5) is 10.5 Å². The van der Waals surface area contributed by atoms with Crippen molar-refractivity contribution in [2.75, 3.05) is 12.4 Å². The van der Waals surface area contributed by atoms with Crippen molar-refractivity contribution in [3.05, 3.63) is 130 Å². The summed E-state index contributed by atoms with van der Waals surface area (Å²) in [5.74, 6) is 1.03. The minimum absolute atomic E-state index is 0.177. The molecule has 0 bridgehead atoms. The molecule has 0 saturated carbocycles. The second-order valence-electron chi connectivity index (χ2n) is 9.84. The van der Waals surface area contributed by atoms with Gasteiger partial charge in [-0.1, -0.05) is 72.3 Å². The topological polar surface area (TPSA) is 76.5 Å². The van der Waals surface area contributed by atoms with E-state index in [1.807, 2.05) is 99.6 Å². The van der Waals surface area contributed by atoms with Crippen molar-refractivity contribution >= 4 is 22.6 Å². The van der Waals surface area contributed by atoms with E-state index >= 15 is 0 Å². The van der Waals surface area contributed by atoms with Gasteiger partial charge >= 0.3 is 6.03 Å². The van der Waals surface area contributed by atoms with Crippen LogP contribution in [0.5, 0.6) is 5.75 Å². The second kappa shape index (κ2) is 11.5. The number of hydrogen-bond acceptors (Lipinski definition) is 4. The van der Waals surface area contributed by atoms with E-state index in [1.165, 1.54) is 0 Å². The highest BCUT2D eigenvalue weighted by Crippen LogP contribution is 2.29. The van der Waals surface area contributed by atoms with Crippen LogP contribution in [-0.4, -0.2) is 27.6 Å². The Bertz CT molecular complexity index is 1730. The second-order valence-corrected chi connectivity index (χ2v) is 9.84. The lowest BCUT2D eigenvalue weighted by Crippen LogP contribution is -2.39. The molecule has 4 aromatic carbocycles. The molecule has 7 heteroatoms. The fourth-order valence-corrected chi connectivity index (χ4v) is 4.96. The number of amides is 2. The first-order chi connectivity index (χ1) is 19.4. The van der Waals surface area contributed by atoms with Crippen LogP contribution in [0.1, 0.15) is 35.5 Å². The first-order valence-corrected chi connectivity index (χ1v) is 13.2. The number of urea groups is 1. The molecule has 40 heavy (non-hydrogen) atoms. The van der Waals surface area contributed by atoms with Crippen molar-refractivity contribution in [1.82, 2.24) is 14.5 Å². The zero-order chi connectivity index (χ0) is 28.2. The zero-order valence-electron chi connectivity index (χ0n) is 23.1. The summed E-state index contributed by atoms with van der Waals surface area (Å²) in [7, 11) is 1.57. The summed E-state index contributed by atoms with van der Waals surface area (Å²) in [6, 6.07) is 29.4. The van der Waals surface area contributed by atoms with Crippen LogP contribution < -0.4 is 15.6 Å². The average Bonchev–Trinajstić information content (AvgIpc) is 2.97. The molecule has 1 N–H and O–H groups in total. The van der Waals surface area contributed by atoms with Gasteiger partial charge in [0.05, 0.1) is 35.4 Å². The highest BCUT2D eigenvalue weighted by Gasteiger charge is 2.28. The third-order valence-electron chi connectivity index (χ3n) is 7.04. The first kappa shape index (κ1) is 26.7. The van der Waals surface area contributed by atoms with Crippen molar-refractivity contribution in [2.24, 2.45) is 0 Å². The summed E-state index contributed by atoms with van der Waals surface area (Å²) in [5.41, 5.74) is 4.69. The maximum Gasteiger partial charge on any atom is 0.322 e. The fraction of sp³-hybridized carbons (Fsp3) is 0.182. The van der Waals surface area contributed by atoms with Gasteiger partial charge in [-0.3, -0.25) is 9.36 Å². The van der Waals surface area contributed by atoms with Crippen LogP contribution in [0, 0.1) is 13.8 Å². The van der Waals surface area contributed by atoms with E-state index in [2.05, 4.69) is 5.32 Å². The molecular weight excluding hydrogens is 500 g/mol. The molecule has 0 aliphatic carbocycles. The van der Waals surface area contributed by atoms with Crippen molar-refractivity contribution in [3.63, 3.8) is 0 Å². The molecular formula is C33H32N4O3. The van der Waals surface area contributed by atoms with E-state index < -0.39 is 6.04 Å². The predicted octanol–water partition coefficient (Wildman–Crippen LogP) is 6.81. The summed E-state index contributed by atoms with van der Waals surface area (Å²) in [6.45, 7) is 6.21. The molecule has 0 saturated heterocycles. The number of hydrogen-bond donors (Lipinski definition) is 1. The Morgan fingerprint density at radius 3 is 2.40 bits per heavy atom. The van der Waals surface area contributed by atoms with Crippen LogP contribution in [0.25, 0.3) is 16.6 Å². The SMILES string of the molecule is COc1ccccc1NC(=O)N(Cc1ccccc1)C(C)c1nc2ccccc2c(=O)n1-c1ccc(C)cc1C.